The Bertz CT molecular complexity index is 544. The van der Waals surface area contributed by atoms with E-state index in [1.807, 2.05) is 4.90 Å². The molecule has 0 amide bonds. The van der Waals surface area contributed by atoms with Crippen molar-refractivity contribution in [2.75, 3.05) is 18.0 Å². The lowest BCUT2D eigenvalue weighted by Gasteiger charge is -2.24. The topological polar surface area (TPSA) is 83.7 Å². The summed E-state index contributed by atoms with van der Waals surface area (Å²) in [6, 6.07) is 4.09. The first-order chi connectivity index (χ1) is 10.0. The SMILES string of the molecule is CCC1CCCN(c2ccc([N+](=O)[O-])cc2C(=O)O)CC1. The van der Waals surface area contributed by atoms with Gasteiger partial charge in [-0.05, 0) is 31.2 Å². The molecule has 1 aromatic carbocycles. The van der Waals surface area contributed by atoms with Gasteiger partial charge in [0.1, 0.15) is 0 Å². The molecule has 0 spiro atoms. The van der Waals surface area contributed by atoms with E-state index in [1.165, 1.54) is 6.07 Å². The summed E-state index contributed by atoms with van der Waals surface area (Å²) < 4.78 is 0. The zero-order chi connectivity index (χ0) is 15.4. The zero-order valence-corrected chi connectivity index (χ0v) is 12.1. The second kappa shape index (κ2) is 6.56. The van der Waals surface area contributed by atoms with Crippen LogP contribution in [0.25, 0.3) is 0 Å². The number of nitro groups is 1. The number of carboxylic acid groups (broad SMARTS) is 1. The van der Waals surface area contributed by atoms with Crippen LogP contribution < -0.4 is 4.90 Å². The van der Waals surface area contributed by atoms with Crippen LogP contribution in [0.2, 0.25) is 0 Å². The fourth-order valence-corrected chi connectivity index (χ4v) is 2.90. The normalized spacial score (nSPS) is 19.1. The van der Waals surface area contributed by atoms with Crippen molar-refractivity contribution < 1.29 is 14.8 Å². The zero-order valence-electron chi connectivity index (χ0n) is 12.1. The molecule has 1 fully saturated rings. The molecule has 0 bridgehead atoms. The fraction of sp³-hybridized carbons (Fsp3) is 0.533. The predicted molar refractivity (Wildman–Crippen MR) is 79.9 cm³/mol. The average Bonchev–Trinajstić information content (AvgIpc) is 2.71. The molecular formula is C15H20N2O4. The van der Waals surface area contributed by atoms with E-state index >= 15 is 0 Å². The minimum atomic E-state index is -1.12. The molecular weight excluding hydrogens is 272 g/mol. The minimum absolute atomic E-state index is 0.0131. The molecule has 1 unspecified atom stereocenters. The highest BCUT2D eigenvalue weighted by Gasteiger charge is 2.22. The van der Waals surface area contributed by atoms with Crippen LogP contribution >= 0.6 is 0 Å². The van der Waals surface area contributed by atoms with Crippen molar-refractivity contribution in [3.8, 4) is 0 Å². The number of carbonyl (C=O) groups is 1. The summed E-state index contributed by atoms with van der Waals surface area (Å²) in [5, 5.41) is 20.1. The molecule has 6 nitrogen and oxygen atoms in total. The molecule has 21 heavy (non-hydrogen) atoms. The molecule has 1 aliphatic rings. The number of nitro benzene ring substituents is 1. The number of nitrogens with zero attached hydrogens (tertiary/aromatic N) is 2. The maximum absolute atomic E-state index is 11.4. The van der Waals surface area contributed by atoms with Crippen molar-refractivity contribution in [1.29, 1.82) is 0 Å². The molecule has 1 aromatic rings. The van der Waals surface area contributed by atoms with Crippen molar-refractivity contribution in [3.63, 3.8) is 0 Å². The third kappa shape index (κ3) is 3.51. The Hall–Kier alpha value is -2.11. The van der Waals surface area contributed by atoms with Crippen LogP contribution in [-0.4, -0.2) is 29.1 Å². The molecule has 0 saturated carbocycles. The van der Waals surface area contributed by atoms with Crippen LogP contribution in [0.15, 0.2) is 18.2 Å². The van der Waals surface area contributed by atoms with E-state index in [2.05, 4.69) is 6.92 Å². The van der Waals surface area contributed by atoms with E-state index in [0.29, 0.717) is 11.6 Å². The number of benzene rings is 1. The highest BCUT2D eigenvalue weighted by molar-refractivity contribution is 5.95. The molecule has 1 heterocycles. The number of hydrogen-bond acceptors (Lipinski definition) is 4. The van der Waals surface area contributed by atoms with Crippen LogP contribution in [0.4, 0.5) is 11.4 Å². The van der Waals surface area contributed by atoms with Gasteiger partial charge in [0.25, 0.3) is 5.69 Å². The Kier molecular flexibility index (Phi) is 4.77. The fourth-order valence-electron chi connectivity index (χ4n) is 2.90. The highest BCUT2D eigenvalue weighted by Crippen LogP contribution is 2.29. The summed E-state index contributed by atoms with van der Waals surface area (Å²) in [5.74, 6) is -0.439. The van der Waals surface area contributed by atoms with Crippen LogP contribution in [0.5, 0.6) is 0 Å². The van der Waals surface area contributed by atoms with E-state index in [-0.39, 0.29) is 11.3 Å². The van der Waals surface area contributed by atoms with Crippen LogP contribution in [0.1, 0.15) is 43.0 Å². The van der Waals surface area contributed by atoms with Gasteiger partial charge in [0.2, 0.25) is 0 Å². The van der Waals surface area contributed by atoms with Crippen LogP contribution in [-0.2, 0) is 0 Å². The lowest BCUT2D eigenvalue weighted by molar-refractivity contribution is -0.384. The first kappa shape index (κ1) is 15.3. The average molecular weight is 292 g/mol. The largest absolute Gasteiger partial charge is 0.478 e. The van der Waals surface area contributed by atoms with Gasteiger partial charge in [-0.1, -0.05) is 13.3 Å². The van der Waals surface area contributed by atoms with Gasteiger partial charge in [-0.2, -0.15) is 0 Å². The Morgan fingerprint density at radius 1 is 1.43 bits per heavy atom. The predicted octanol–water partition coefficient (Wildman–Crippen LogP) is 3.31. The second-order valence-electron chi connectivity index (χ2n) is 5.46. The summed E-state index contributed by atoms with van der Waals surface area (Å²) in [6.45, 7) is 3.78. The van der Waals surface area contributed by atoms with Gasteiger partial charge in [-0.15, -0.1) is 0 Å². The van der Waals surface area contributed by atoms with Crippen molar-refractivity contribution in [2.24, 2.45) is 5.92 Å². The Balaban J connectivity index is 2.30. The summed E-state index contributed by atoms with van der Waals surface area (Å²) in [4.78, 5) is 23.7. The maximum Gasteiger partial charge on any atom is 0.338 e. The smallest absolute Gasteiger partial charge is 0.338 e. The summed E-state index contributed by atoms with van der Waals surface area (Å²) >= 11 is 0. The molecule has 2 rings (SSSR count). The van der Waals surface area contributed by atoms with Crippen molar-refractivity contribution in [3.05, 3.63) is 33.9 Å². The monoisotopic (exact) mass is 292 g/mol. The summed E-state index contributed by atoms with van der Waals surface area (Å²) in [6.07, 6.45) is 4.35. The van der Waals surface area contributed by atoms with Gasteiger partial charge in [-0.25, -0.2) is 4.79 Å². The van der Waals surface area contributed by atoms with Gasteiger partial charge in [0.15, 0.2) is 0 Å². The lowest BCUT2D eigenvalue weighted by atomic mass is 9.98. The maximum atomic E-state index is 11.4. The summed E-state index contributed by atoms with van der Waals surface area (Å²) in [5.41, 5.74) is 0.418. The molecule has 1 saturated heterocycles. The van der Waals surface area contributed by atoms with E-state index in [4.69, 9.17) is 0 Å². The lowest BCUT2D eigenvalue weighted by Crippen LogP contribution is -2.26. The van der Waals surface area contributed by atoms with Crippen LogP contribution in [0.3, 0.4) is 0 Å². The first-order valence-corrected chi connectivity index (χ1v) is 7.29. The van der Waals surface area contributed by atoms with E-state index < -0.39 is 10.9 Å². The molecule has 0 radical (unpaired) electrons. The van der Waals surface area contributed by atoms with Crippen LogP contribution in [0, 0.1) is 16.0 Å². The third-order valence-electron chi connectivity index (χ3n) is 4.19. The third-order valence-corrected chi connectivity index (χ3v) is 4.19. The molecule has 0 aromatic heterocycles. The Morgan fingerprint density at radius 2 is 2.19 bits per heavy atom. The van der Waals surface area contributed by atoms with Crippen molar-refractivity contribution in [2.45, 2.75) is 32.6 Å². The molecule has 1 N–H and O–H groups in total. The number of anilines is 1. The number of aromatic carboxylic acids is 1. The first-order valence-electron chi connectivity index (χ1n) is 7.29. The van der Waals surface area contributed by atoms with Gasteiger partial charge in [0.05, 0.1) is 16.2 Å². The van der Waals surface area contributed by atoms with Gasteiger partial charge in [-0.3, -0.25) is 10.1 Å². The molecule has 0 aliphatic carbocycles. The highest BCUT2D eigenvalue weighted by atomic mass is 16.6. The van der Waals surface area contributed by atoms with E-state index in [1.54, 1.807) is 6.07 Å². The Morgan fingerprint density at radius 3 is 2.81 bits per heavy atom. The van der Waals surface area contributed by atoms with Gasteiger partial charge >= 0.3 is 5.97 Å². The van der Waals surface area contributed by atoms with Gasteiger partial charge < -0.3 is 10.0 Å². The van der Waals surface area contributed by atoms with E-state index in [9.17, 15) is 20.0 Å². The number of rotatable bonds is 4. The number of hydrogen-bond donors (Lipinski definition) is 1. The number of non-ortho nitro benzene ring substituents is 1. The van der Waals surface area contributed by atoms with Gasteiger partial charge in [0, 0.05) is 25.2 Å². The molecule has 6 heteroatoms. The quantitative estimate of drug-likeness (QED) is 0.680. The van der Waals surface area contributed by atoms with Crippen molar-refractivity contribution >= 4 is 17.3 Å². The molecule has 1 atom stereocenters. The minimum Gasteiger partial charge on any atom is -0.478 e. The van der Waals surface area contributed by atoms with E-state index in [0.717, 1.165) is 44.8 Å². The second-order valence-corrected chi connectivity index (χ2v) is 5.46. The number of carboxylic acids is 1. The molecule has 114 valence electrons. The summed E-state index contributed by atoms with van der Waals surface area (Å²) in [7, 11) is 0. The Labute approximate surface area is 123 Å². The molecule has 1 aliphatic heterocycles. The standard InChI is InChI=1S/C15H20N2O4/c1-2-11-4-3-8-16(9-7-11)14-6-5-12(17(20)21)10-13(14)15(18)19/h5-6,10-11H,2-4,7-9H2,1H3,(H,18,19). The van der Waals surface area contributed by atoms with Crippen molar-refractivity contribution in [1.82, 2.24) is 0 Å².